The number of carbonyl (C=O) groups excluding carboxylic acids is 2. The lowest BCUT2D eigenvalue weighted by atomic mass is 10.1. The Kier molecular flexibility index (Phi) is 4.36. The fraction of sp³-hybridized carbons (Fsp3) is 0.227. The number of pyridine rings is 1. The molecule has 2 heterocycles. The van der Waals surface area contributed by atoms with Gasteiger partial charge in [0.25, 0.3) is 0 Å². The Hall–Kier alpha value is -3.21. The molecule has 0 unspecified atom stereocenters. The predicted molar refractivity (Wildman–Crippen MR) is 104 cm³/mol. The van der Waals surface area contributed by atoms with Crippen molar-refractivity contribution in [3.05, 3.63) is 65.9 Å². The summed E-state index contributed by atoms with van der Waals surface area (Å²) in [7, 11) is 0. The molecule has 1 saturated heterocycles. The molecule has 27 heavy (non-hydrogen) atoms. The van der Waals surface area contributed by atoms with E-state index in [-0.39, 0.29) is 12.3 Å². The Bertz CT molecular complexity index is 1020. The van der Waals surface area contributed by atoms with Crippen molar-refractivity contribution >= 4 is 28.5 Å². The molecule has 5 nitrogen and oxygen atoms in total. The van der Waals surface area contributed by atoms with Gasteiger partial charge >= 0.3 is 5.97 Å². The average Bonchev–Trinajstić information content (AvgIpc) is 3.04. The Morgan fingerprint density at radius 2 is 1.78 bits per heavy atom. The molecule has 0 bridgehead atoms. The van der Waals surface area contributed by atoms with Gasteiger partial charge in [-0.25, -0.2) is 0 Å². The first-order chi connectivity index (χ1) is 13.0. The number of amides is 1. The lowest BCUT2D eigenvalue weighted by Crippen LogP contribution is -2.28. The third kappa shape index (κ3) is 3.16. The van der Waals surface area contributed by atoms with E-state index in [0.717, 1.165) is 22.2 Å². The Morgan fingerprint density at radius 1 is 1.07 bits per heavy atom. The molecule has 1 amide bonds. The van der Waals surface area contributed by atoms with E-state index in [2.05, 4.69) is 4.98 Å². The summed E-state index contributed by atoms with van der Waals surface area (Å²) in [5.74, 6) is -0.507. The zero-order valence-electron chi connectivity index (χ0n) is 15.3. The van der Waals surface area contributed by atoms with Crippen LogP contribution in [-0.4, -0.2) is 23.4 Å². The maximum Gasteiger partial charge on any atom is 0.316 e. The van der Waals surface area contributed by atoms with E-state index in [0.29, 0.717) is 17.8 Å². The fourth-order valence-electron chi connectivity index (χ4n) is 3.66. The zero-order chi connectivity index (χ0) is 19.0. The van der Waals surface area contributed by atoms with Crippen LogP contribution in [0, 0.1) is 19.8 Å². The van der Waals surface area contributed by atoms with Crippen LogP contribution in [0.5, 0.6) is 5.75 Å². The van der Waals surface area contributed by atoms with Crippen molar-refractivity contribution < 1.29 is 14.3 Å². The number of fused-ring (bicyclic) bond motifs is 1. The molecular formula is C22H20N2O3. The van der Waals surface area contributed by atoms with Gasteiger partial charge in [0.1, 0.15) is 5.52 Å². The molecule has 5 heteroatoms. The van der Waals surface area contributed by atoms with E-state index in [4.69, 9.17) is 4.74 Å². The highest BCUT2D eigenvalue weighted by Gasteiger charge is 2.37. The van der Waals surface area contributed by atoms with Crippen LogP contribution in [0.15, 0.2) is 54.7 Å². The van der Waals surface area contributed by atoms with Gasteiger partial charge in [-0.2, -0.15) is 0 Å². The molecule has 0 aliphatic carbocycles. The number of rotatable bonds is 3. The van der Waals surface area contributed by atoms with Crippen LogP contribution in [0.2, 0.25) is 0 Å². The van der Waals surface area contributed by atoms with E-state index >= 15 is 0 Å². The van der Waals surface area contributed by atoms with Crippen LogP contribution in [0.3, 0.4) is 0 Å². The number of hydrogen-bond donors (Lipinski definition) is 0. The number of ether oxygens (including phenoxy) is 1. The molecule has 1 atom stereocenters. The number of nitrogens with zero attached hydrogens (tertiary/aromatic N) is 2. The van der Waals surface area contributed by atoms with Gasteiger partial charge in [-0.1, -0.05) is 36.4 Å². The first kappa shape index (κ1) is 17.2. The van der Waals surface area contributed by atoms with Crippen molar-refractivity contribution in [2.45, 2.75) is 20.3 Å². The van der Waals surface area contributed by atoms with Crippen molar-refractivity contribution in [1.82, 2.24) is 4.98 Å². The fourth-order valence-corrected chi connectivity index (χ4v) is 3.66. The second kappa shape index (κ2) is 6.83. The third-order valence-corrected chi connectivity index (χ3v) is 4.97. The molecule has 3 aromatic rings. The second-order valence-corrected chi connectivity index (χ2v) is 6.90. The van der Waals surface area contributed by atoms with Crippen molar-refractivity contribution in [2.24, 2.45) is 5.92 Å². The molecule has 1 aromatic heterocycles. The second-order valence-electron chi connectivity index (χ2n) is 6.90. The summed E-state index contributed by atoms with van der Waals surface area (Å²) in [6.45, 7) is 4.29. The summed E-state index contributed by atoms with van der Waals surface area (Å²) in [6.07, 6.45) is 1.83. The highest BCUT2D eigenvalue weighted by molar-refractivity contribution is 6.01. The SMILES string of the molecule is Cc1cccc(C)c1N1C[C@@H](C(=O)Oc2cccc3cccnc23)CC1=O. The van der Waals surface area contributed by atoms with Gasteiger partial charge in [-0.05, 0) is 37.1 Å². The Balaban J connectivity index is 1.56. The number of anilines is 1. The predicted octanol–water partition coefficient (Wildman–Crippen LogP) is 3.81. The number of para-hydroxylation sites is 2. The summed E-state index contributed by atoms with van der Waals surface area (Å²) in [6, 6.07) is 15.2. The first-order valence-corrected chi connectivity index (χ1v) is 8.96. The number of aromatic nitrogens is 1. The van der Waals surface area contributed by atoms with E-state index in [1.165, 1.54) is 0 Å². The lowest BCUT2D eigenvalue weighted by Gasteiger charge is -2.21. The summed E-state index contributed by atoms with van der Waals surface area (Å²) in [5, 5.41) is 0.905. The van der Waals surface area contributed by atoms with Gasteiger partial charge in [0.15, 0.2) is 5.75 Å². The molecule has 4 rings (SSSR count). The van der Waals surface area contributed by atoms with Gasteiger partial charge in [-0.15, -0.1) is 0 Å². The summed E-state index contributed by atoms with van der Waals surface area (Å²) in [5.41, 5.74) is 3.58. The Labute approximate surface area is 157 Å². The van der Waals surface area contributed by atoms with Crippen LogP contribution in [-0.2, 0) is 9.59 Å². The third-order valence-electron chi connectivity index (χ3n) is 4.97. The molecule has 2 aromatic carbocycles. The minimum atomic E-state index is -0.490. The quantitative estimate of drug-likeness (QED) is 0.526. The van der Waals surface area contributed by atoms with Crippen LogP contribution in [0.4, 0.5) is 5.69 Å². The van der Waals surface area contributed by atoms with Crippen LogP contribution in [0.25, 0.3) is 10.9 Å². The van der Waals surface area contributed by atoms with Gasteiger partial charge < -0.3 is 9.64 Å². The zero-order valence-corrected chi connectivity index (χ0v) is 15.3. The molecule has 1 aliphatic heterocycles. The van der Waals surface area contributed by atoms with Gasteiger partial charge in [0.2, 0.25) is 5.91 Å². The first-order valence-electron chi connectivity index (χ1n) is 8.96. The number of hydrogen-bond acceptors (Lipinski definition) is 4. The average molecular weight is 360 g/mol. The molecule has 136 valence electrons. The number of benzene rings is 2. The van der Waals surface area contributed by atoms with Gasteiger partial charge in [-0.3, -0.25) is 14.6 Å². The highest BCUT2D eigenvalue weighted by atomic mass is 16.5. The summed E-state index contributed by atoms with van der Waals surface area (Å²) < 4.78 is 5.62. The standard InChI is InChI=1S/C22H20N2O3/c1-14-6-3-7-15(2)21(14)24-13-17(12-19(24)25)22(26)27-18-10-4-8-16-9-5-11-23-20(16)18/h3-11,17H,12-13H2,1-2H3/t17-/m0/s1. The molecule has 1 aliphatic rings. The largest absolute Gasteiger partial charge is 0.424 e. The van der Waals surface area contributed by atoms with Crippen molar-refractivity contribution in [3.63, 3.8) is 0 Å². The van der Waals surface area contributed by atoms with Crippen molar-refractivity contribution in [1.29, 1.82) is 0 Å². The van der Waals surface area contributed by atoms with E-state index in [1.807, 2.05) is 56.3 Å². The van der Waals surface area contributed by atoms with E-state index in [1.54, 1.807) is 17.2 Å². The molecule has 0 spiro atoms. The van der Waals surface area contributed by atoms with Crippen LogP contribution in [0.1, 0.15) is 17.5 Å². The molecule has 0 radical (unpaired) electrons. The number of carbonyl (C=O) groups is 2. The summed E-state index contributed by atoms with van der Waals surface area (Å²) >= 11 is 0. The van der Waals surface area contributed by atoms with Crippen LogP contribution >= 0.6 is 0 Å². The normalized spacial score (nSPS) is 16.7. The lowest BCUT2D eigenvalue weighted by molar-refractivity contribution is -0.139. The maximum atomic E-state index is 12.7. The van der Waals surface area contributed by atoms with Crippen molar-refractivity contribution in [3.8, 4) is 5.75 Å². The topological polar surface area (TPSA) is 59.5 Å². The minimum Gasteiger partial charge on any atom is -0.424 e. The maximum absolute atomic E-state index is 12.7. The van der Waals surface area contributed by atoms with Crippen LogP contribution < -0.4 is 9.64 Å². The number of aryl methyl sites for hydroxylation is 2. The number of esters is 1. The minimum absolute atomic E-state index is 0.0506. The van der Waals surface area contributed by atoms with Gasteiger partial charge in [0, 0.05) is 30.2 Å². The molecule has 1 fully saturated rings. The monoisotopic (exact) mass is 360 g/mol. The van der Waals surface area contributed by atoms with Crippen molar-refractivity contribution in [2.75, 3.05) is 11.4 Å². The van der Waals surface area contributed by atoms with E-state index in [9.17, 15) is 9.59 Å². The smallest absolute Gasteiger partial charge is 0.316 e. The Morgan fingerprint density at radius 3 is 2.56 bits per heavy atom. The van der Waals surface area contributed by atoms with E-state index < -0.39 is 11.9 Å². The summed E-state index contributed by atoms with van der Waals surface area (Å²) in [4.78, 5) is 31.3. The molecule has 0 saturated carbocycles. The molecular weight excluding hydrogens is 340 g/mol. The molecule has 0 N–H and O–H groups in total. The highest BCUT2D eigenvalue weighted by Crippen LogP contribution is 2.32. The van der Waals surface area contributed by atoms with Gasteiger partial charge in [0.05, 0.1) is 5.92 Å².